The van der Waals surface area contributed by atoms with Crippen molar-refractivity contribution < 1.29 is 9.13 Å². The molecule has 1 aromatic rings. The Morgan fingerprint density at radius 1 is 1.53 bits per heavy atom. The molecule has 0 N–H and O–H groups in total. The van der Waals surface area contributed by atoms with E-state index in [0.29, 0.717) is 31.2 Å². The van der Waals surface area contributed by atoms with Crippen LogP contribution in [0.1, 0.15) is 5.56 Å². The van der Waals surface area contributed by atoms with E-state index < -0.39 is 0 Å². The Hall–Kier alpha value is -0.160. The number of halogens is 3. The number of alkyl halides is 1. The van der Waals surface area contributed by atoms with E-state index >= 15 is 0 Å². The normalized spacial score (nSPS) is 21.7. The molecule has 5 heteroatoms. The van der Waals surface area contributed by atoms with Crippen LogP contribution in [0.25, 0.3) is 0 Å². The lowest BCUT2D eigenvalue weighted by molar-refractivity contribution is -0.00347. The maximum Gasteiger partial charge on any atom is 0.128 e. The highest BCUT2D eigenvalue weighted by Crippen LogP contribution is 2.19. The van der Waals surface area contributed by atoms with E-state index in [1.165, 1.54) is 6.07 Å². The minimum atomic E-state index is -0.181. The first-order valence-electron chi connectivity index (χ1n) is 5.52. The minimum Gasteiger partial charge on any atom is -0.378 e. The Morgan fingerprint density at radius 2 is 2.35 bits per heavy atom. The second kappa shape index (κ2) is 6.14. The molecule has 1 aromatic carbocycles. The molecule has 2 rings (SSSR count). The molecule has 1 unspecified atom stereocenters. The average Bonchev–Trinajstić information content (AvgIpc) is 2.33. The van der Waals surface area contributed by atoms with Gasteiger partial charge in [-0.1, -0.05) is 22.0 Å². The van der Waals surface area contributed by atoms with E-state index in [9.17, 15) is 4.39 Å². The van der Waals surface area contributed by atoms with Crippen LogP contribution in [0, 0.1) is 5.82 Å². The van der Waals surface area contributed by atoms with Crippen molar-refractivity contribution in [3.05, 3.63) is 34.1 Å². The van der Waals surface area contributed by atoms with E-state index in [1.54, 1.807) is 6.07 Å². The Kier molecular flexibility index (Phi) is 4.79. The summed E-state index contributed by atoms with van der Waals surface area (Å²) >= 11 is 9.14. The van der Waals surface area contributed by atoms with Gasteiger partial charge in [-0.05, 0) is 12.1 Å². The van der Waals surface area contributed by atoms with Crippen LogP contribution >= 0.6 is 27.5 Å². The van der Waals surface area contributed by atoms with Gasteiger partial charge < -0.3 is 4.74 Å². The zero-order valence-corrected chi connectivity index (χ0v) is 11.7. The van der Waals surface area contributed by atoms with Gasteiger partial charge in [-0.15, -0.1) is 11.6 Å². The van der Waals surface area contributed by atoms with Crippen molar-refractivity contribution in [2.45, 2.75) is 12.6 Å². The molecule has 2 nitrogen and oxygen atoms in total. The zero-order valence-electron chi connectivity index (χ0n) is 9.33. The van der Waals surface area contributed by atoms with Crippen molar-refractivity contribution in [2.75, 3.05) is 25.6 Å². The molecule has 94 valence electrons. The molecule has 0 aliphatic carbocycles. The molecule has 0 aromatic heterocycles. The second-order valence-corrected chi connectivity index (χ2v) is 5.31. The molecule has 1 fully saturated rings. The topological polar surface area (TPSA) is 12.5 Å². The summed E-state index contributed by atoms with van der Waals surface area (Å²) in [6.07, 6.45) is 0. The van der Waals surface area contributed by atoms with Crippen LogP contribution < -0.4 is 0 Å². The van der Waals surface area contributed by atoms with Crippen LogP contribution in [0.2, 0.25) is 0 Å². The molecule has 1 atom stereocenters. The van der Waals surface area contributed by atoms with Gasteiger partial charge in [0.1, 0.15) is 5.82 Å². The van der Waals surface area contributed by atoms with Crippen LogP contribution in [0.5, 0.6) is 0 Å². The Balaban J connectivity index is 2.08. The SMILES string of the molecule is Fc1cc(Br)ccc1CN1CCOCC1CCl. The molecule has 17 heavy (non-hydrogen) atoms. The van der Waals surface area contributed by atoms with Crippen molar-refractivity contribution >= 4 is 27.5 Å². The zero-order chi connectivity index (χ0) is 12.3. The molecule has 1 aliphatic rings. The molecule has 0 bridgehead atoms. The van der Waals surface area contributed by atoms with Crippen molar-refractivity contribution in [2.24, 2.45) is 0 Å². The van der Waals surface area contributed by atoms with Gasteiger partial charge in [0.2, 0.25) is 0 Å². The molecule has 1 heterocycles. The fourth-order valence-electron chi connectivity index (χ4n) is 1.91. The third-order valence-corrected chi connectivity index (χ3v) is 3.77. The molecular weight excluding hydrogens is 308 g/mol. The van der Waals surface area contributed by atoms with Gasteiger partial charge in [-0.3, -0.25) is 4.90 Å². The molecule has 1 saturated heterocycles. The number of hydrogen-bond acceptors (Lipinski definition) is 2. The number of benzene rings is 1. The fraction of sp³-hybridized carbons (Fsp3) is 0.500. The Bertz CT molecular complexity index is 391. The molecule has 0 saturated carbocycles. The maximum atomic E-state index is 13.7. The minimum absolute atomic E-state index is 0.175. The number of nitrogens with zero attached hydrogens (tertiary/aromatic N) is 1. The summed E-state index contributed by atoms with van der Waals surface area (Å²) in [6, 6.07) is 5.33. The van der Waals surface area contributed by atoms with E-state index in [-0.39, 0.29) is 11.9 Å². The van der Waals surface area contributed by atoms with E-state index in [1.807, 2.05) is 6.07 Å². The van der Waals surface area contributed by atoms with Crippen LogP contribution in [-0.2, 0) is 11.3 Å². The fourth-order valence-corrected chi connectivity index (χ4v) is 2.53. The monoisotopic (exact) mass is 321 g/mol. The van der Waals surface area contributed by atoms with Gasteiger partial charge in [0, 0.05) is 35.0 Å². The predicted molar refractivity (Wildman–Crippen MR) is 69.8 cm³/mol. The Labute approximate surface area is 114 Å². The smallest absolute Gasteiger partial charge is 0.128 e. The molecule has 1 aliphatic heterocycles. The van der Waals surface area contributed by atoms with Gasteiger partial charge in [0.25, 0.3) is 0 Å². The summed E-state index contributed by atoms with van der Waals surface area (Å²) in [7, 11) is 0. The lowest BCUT2D eigenvalue weighted by atomic mass is 10.1. The molecule has 0 radical (unpaired) electrons. The summed E-state index contributed by atoms with van der Waals surface area (Å²) < 4.78 is 19.8. The number of ether oxygens (including phenoxy) is 1. The predicted octanol–water partition coefficient (Wildman–Crippen LogP) is 3.03. The van der Waals surface area contributed by atoms with Gasteiger partial charge in [0.15, 0.2) is 0 Å². The second-order valence-electron chi connectivity index (χ2n) is 4.09. The standard InChI is InChI=1S/C12H14BrClFNO/c13-10-2-1-9(12(15)5-10)7-16-3-4-17-8-11(16)6-14/h1-2,5,11H,3-4,6-8H2. The highest BCUT2D eigenvalue weighted by atomic mass is 79.9. The van der Waals surface area contributed by atoms with Crippen molar-refractivity contribution in [3.8, 4) is 0 Å². The van der Waals surface area contributed by atoms with Crippen LogP contribution in [0.4, 0.5) is 4.39 Å². The molecular formula is C12H14BrClFNO. The lowest BCUT2D eigenvalue weighted by Crippen LogP contribution is -2.46. The summed E-state index contributed by atoms with van der Waals surface area (Å²) in [5, 5.41) is 0. The number of rotatable bonds is 3. The summed E-state index contributed by atoms with van der Waals surface area (Å²) in [5.41, 5.74) is 0.699. The highest BCUT2D eigenvalue weighted by molar-refractivity contribution is 9.10. The third-order valence-electron chi connectivity index (χ3n) is 2.92. The Morgan fingerprint density at radius 3 is 3.06 bits per heavy atom. The summed E-state index contributed by atoms with van der Waals surface area (Å²) in [4.78, 5) is 2.17. The summed E-state index contributed by atoms with van der Waals surface area (Å²) in [6.45, 7) is 2.69. The van der Waals surface area contributed by atoms with Gasteiger partial charge >= 0.3 is 0 Å². The third kappa shape index (κ3) is 3.41. The van der Waals surface area contributed by atoms with E-state index in [4.69, 9.17) is 16.3 Å². The van der Waals surface area contributed by atoms with Gasteiger partial charge in [-0.25, -0.2) is 4.39 Å². The lowest BCUT2D eigenvalue weighted by Gasteiger charge is -2.34. The first-order chi connectivity index (χ1) is 8.20. The van der Waals surface area contributed by atoms with E-state index in [2.05, 4.69) is 20.8 Å². The molecule has 0 spiro atoms. The maximum absolute atomic E-state index is 13.7. The van der Waals surface area contributed by atoms with Gasteiger partial charge in [-0.2, -0.15) is 0 Å². The molecule has 0 amide bonds. The number of hydrogen-bond donors (Lipinski definition) is 0. The first kappa shape index (κ1) is 13.3. The van der Waals surface area contributed by atoms with E-state index in [0.717, 1.165) is 11.0 Å². The van der Waals surface area contributed by atoms with Gasteiger partial charge in [0.05, 0.1) is 13.2 Å². The largest absolute Gasteiger partial charge is 0.378 e. The quantitative estimate of drug-likeness (QED) is 0.793. The summed E-state index contributed by atoms with van der Waals surface area (Å²) in [5.74, 6) is 0.331. The van der Waals surface area contributed by atoms with Crippen LogP contribution in [0.15, 0.2) is 22.7 Å². The van der Waals surface area contributed by atoms with Crippen molar-refractivity contribution in [3.63, 3.8) is 0 Å². The van der Waals surface area contributed by atoms with Crippen molar-refractivity contribution in [1.29, 1.82) is 0 Å². The van der Waals surface area contributed by atoms with Crippen LogP contribution in [-0.4, -0.2) is 36.6 Å². The first-order valence-corrected chi connectivity index (χ1v) is 6.85. The highest BCUT2D eigenvalue weighted by Gasteiger charge is 2.22. The van der Waals surface area contributed by atoms with Crippen molar-refractivity contribution in [1.82, 2.24) is 4.90 Å². The number of morpholine rings is 1. The van der Waals surface area contributed by atoms with Crippen LogP contribution in [0.3, 0.4) is 0 Å². The average molecular weight is 323 g/mol.